The first kappa shape index (κ1) is 24.3. The van der Waals surface area contributed by atoms with Gasteiger partial charge in [-0.3, -0.25) is 4.90 Å². The van der Waals surface area contributed by atoms with Crippen molar-refractivity contribution in [3.05, 3.63) is 36.0 Å². The van der Waals surface area contributed by atoms with Crippen molar-refractivity contribution in [2.75, 3.05) is 56.2 Å². The number of fused-ring (bicyclic) bond motifs is 1. The number of nitrogens with zero attached hydrogens (tertiary/aromatic N) is 6. The molecule has 0 unspecified atom stereocenters. The summed E-state index contributed by atoms with van der Waals surface area (Å²) in [6, 6.07) is 4.93. The molecule has 1 aliphatic carbocycles. The van der Waals surface area contributed by atoms with E-state index in [4.69, 9.17) is 4.74 Å². The van der Waals surface area contributed by atoms with Crippen LogP contribution in [0.4, 0.5) is 24.9 Å². The molecule has 4 heterocycles. The lowest BCUT2D eigenvalue weighted by Crippen LogP contribution is -2.67. The smallest absolute Gasteiger partial charge is 0.393 e. The Kier molecular flexibility index (Phi) is 5.97. The Morgan fingerprint density at radius 1 is 1.14 bits per heavy atom. The number of nitrogens with one attached hydrogen (secondary N) is 1. The fourth-order valence-corrected chi connectivity index (χ4v) is 5.18. The van der Waals surface area contributed by atoms with Crippen LogP contribution in [-0.2, 0) is 10.9 Å². The number of aliphatic hydroxyl groups is 2. The van der Waals surface area contributed by atoms with Crippen LogP contribution in [0.2, 0.25) is 0 Å². The molecule has 0 spiro atoms. The van der Waals surface area contributed by atoms with Gasteiger partial charge in [-0.15, -0.1) is 0 Å². The second-order valence-corrected chi connectivity index (χ2v) is 10.1. The van der Waals surface area contributed by atoms with E-state index >= 15 is 0 Å². The average molecular weight is 520 g/mol. The van der Waals surface area contributed by atoms with Gasteiger partial charge in [-0.25, -0.2) is 4.68 Å². The van der Waals surface area contributed by atoms with Crippen molar-refractivity contribution in [1.29, 1.82) is 0 Å². The first-order valence-electron chi connectivity index (χ1n) is 12.3. The van der Waals surface area contributed by atoms with Crippen LogP contribution in [0.25, 0.3) is 16.7 Å². The van der Waals surface area contributed by atoms with Crippen LogP contribution < -0.4 is 10.2 Å². The van der Waals surface area contributed by atoms with Crippen LogP contribution in [0.1, 0.15) is 18.4 Å². The summed E-state index contributed by atoms with van der Waals surface area (Å²) in [6.45, 7) is 4.06. The van der Waals surface area contributed by atoms with Crippen molar-refractivity contribution in [1.82, 2.24) is 24.6 Å². The number of ether oxygens (including phenoxy) is 1. The van der Waals surface area contributed by atoms with E-state index in [2.05, 4.69) is 25.3 Å². The van der Waals surface area contributed by atoms with Crippen LogP contribution >= 0.6 is 0 Å². The van der Waals surface area contributed by atoms with E-state index < -0.39 is 17.3 Å². The van der Waals surface area contributed by atoms with Gasteiger partial charge in [0, 0.05) is 25.7 Å². The third-order valence-corrected chi connectivity index (χ3v) is 7.16. The van der Waals surface area contributed by atoms with Gasteiger partial charge in [0.15, 0.2) is 5.65 Å². The summed E-state index contributed by atoms with van der Waals surface area (Å²) in [4.78, 5) is 13.4. The molecule has 6 rings (SSSR count). The number of anilines is 2. The molecule has 198 valence electrons. The number of aromatic nitrogens is 4. The minimum absolute atomic E-state index is 0.000118. The summed E-state index contributed by atoms with van der Waals surface area (Å²) in [7, 11) is 0. The number of hydrogen-bond acceptors (Lipinski definition) is 9. The Balaban J connectivity index is 1.32. The lowest BCUT2D eigenvalue weighted by atomic mass is 9.90. The van der Waals surface area contributed by atoms with E-state index in [0.717, 1.165) is 25.2 Å². The lowest BCUT2D eigenvalue weighted by Gasteiger charge is -2.49. The maximum atomic E-state index is 13.3. The maximum absolute atomic E-state index is 13.3. The van der Waals surface area contributed by atoms with Gasteiger partial charge in [0.25, 0.3) is 0 Å². The molecule has 3 aliphatic rings. The van der Waals surface area contributed by atoms with E-state index in [0.29, 0.717) is 68.5 Å². The molecule has 1 saturated carbocycles. The quantitative estimate of drug-likeness (QED) is 0.448. The number of aliphatic hydroxyl groups excluding tert-OH is 1. The van der Waals surface area contributed by atoms with E-state index in [9.17, 15) is 23.4 Å². The van der Waals surface area contributed by atoms with E-state index in [1.807, 2.05) is 4.90 Å². The summed E-state index contributed by atoms with van der Waals surface area (Å²) >= 11 is 0. The molecule has 1 aromatic carbocycles. The van der Waals surface area contributed by atoms with Gasteiger partial charge in [-0.2, -0.15) is 28.2 Å². The molecular formula is C24H28F3N7O3. The summed E-state index contributed by atoms with van der Waals surface area (Å²) in [5.74, 6) is 0.856. The first-order valence-corrected chi connectivity index (χ1v) is 12.3. The Labute approximate surface area is 210 Å². The molecular weight excluding hydrogens is 491 g/mol. The van der Waals surface area contributed by atoms with E-state index in [1.54, 1.807) is 12.3 Å². The number of hydrogen-bond donors (Lipinski definition) is 3. The van der Waals surface area contributed by atoms with Gasteiger partial charge in [0.2, 0.25) is 5.95 Å². The van der Waals surface area contributed by atoms with Crippen LogP contribution in [0.3, 0.4) is 0 Å². The summed E-state index contributed by atoms with van der Waals surface area (Å²) in [5, 5.41) is 28.9. The molecule has 2 aromatic heterocycles. The Morgan fingerprint density at radius 2 is 1.89 bits per heavy atom. The molecule has 0 atom stereocenters. The fraction of sp³-hybridized carbons (Fsp3) is 0.542. The van der Waals surface area contributed by atoms with Gasteiger partial charge < -0.3 is 25.2 Å². The van der Waals surface area contributed by atoms with Crippen LogP contribution in [0.15, 0.2) is 30.5 Å². The minimum atomic E-state index is -4.49. The SMILES string of the molecule is OC1CC(Nc2nc(N3CC(O)(CN4CCOCC4)C3)c3cnn(-c4cccc(C(F)(F)F)c4)c3n2)C1. The van der Waals surface area contributed by atoms with Crippen molar-refractivity contribution in [2.24, 2.45) is 0 Å². The van der Waals surface area contributed by atoms with Gasteiger partial charge >= 0.3 is 6.18 Å². The highest BCUT2D eigenvalue weighted by atomic mass is 19.4. The molecule has 2 aliphatic heterocycles. The number of β-amino-alcohol motifs (C(OH)–C–C–N with tert-alkyl or cyclic N) is 1. The van der Waals surface area contributed by atoms with Crippen molar-refractivity contribution in [3.8, 4) is 5.69 Å². The topological polar surface area (TPSA) is 112 Å². The van der Waals surface area contributed by atoms with Gasteiger partial charge in [0.05, 0.1) is 55.2 Å². The van der Waals surface area contributed by atoms with Crippen molar-refractivity contribution < 1.29 is 28.1 Å². The summed E-state index contributed by atoms with van der Waals surface area (Å²) in [5.41, 5.74) is -1.10. The Bertz CT molecular complexity index is 1280. The summed E-state index contributed by atoms with van der Waals surface area (Å²) < 4.78 is 46.8. The first-order chi connectivity index (χ1) is 17.7. The maximum Gasteiger partial charge on any atom is 0.416 e. The predicted molar refractivity (Wildman–Crippen MR) is 129 cm³/mol. The standard InChI is InChI=1S/C24H28F3N7O3/c25-24(26,27)15-2-1-3-17(8-15)34-21-19(11-28-34)20(30-22(31-21)29-16-9-18(35)10-16)33-13-23(36,14-33)12-32-4-6-37-7-5-32/h1-3,8,11,16,18,35-36H,4-7,9-10,12-14H2,(H,29,30,31). The molecule has 0 amide bonds. The van der Waals surface area contributed by atoms with Gasteiger partial charge in [0.1, 0.15) is 11.4 Å². The number of alkyl halides is 3. The zero-order valence-electron chi connectivity index (χ0n) is 20.0. The van der Waals surface area contributed by atoms with Crippen molar-refractivity contribution in [2.45, 2.75) is 36.8 Å². The van der Waals surface area contributed by atoms with Crippen LogP contribution in [-0.4, -0.2) is 98.5 Å². The average Bonchev–Trinajstić information content (AvgIpc) is 3.25. The molecule has 3 N–H and O–H groups in total. The number of halogens is 3. The minimum Gasteiger partial charge on any atom is -0.393 e. The second kappa shape index (κ2) is 9.08. The highest BCUT2D eigenvalue weighted by Gasteiger charge is 2.44. The zero-order chi connectivity index (χ0) is 25.8. The van der Waals surface area contributed by atoms with Crippen LogP contribution in [0.5, 0.6) is 0 Å². The third kappa shape index (κ3) is 4.83. The molecule has 13 heteroatoms. The van der Waals surface area contributed by atoms with Crippen molar-refractivity contribution in [3.63, 3.8) is 0 Å². The third-order valence-electron chi connectivity index (χ3n) is 7.16. The van der Waals surface area contributed by atoms with Gasteiger partial charge in [-0.1, -0.05) is 6.07 Å². The van der Waals surface area contributed by atoms with Gasteiger partial charge in [-0.05, 0) is 31.0 Å². The number of morpholine rings is 1. The highest BCUT2D eigenvalue weighted by Crippen LogP contribution is 2.35. The fourth-order valence-electron chi connectivity index (χ4n) is 5.18. The second-order valence-electron chi connectivity index (χ2n) is 10.1. The largest absolute Gasteiger partial charge is 0.416 e. The molecule has 0 bridgehead atoms. The molecule has 0 radical (unpaired) electrons. The van der Waals surface area contributed by atoms with E-state index in [1.165, 1.54) is 10.7 Å². The Hall–Kier alpha value is -3.00. The molecule has 2 saturated heterocycles. The Morgan fingerprint density at radius 3 is 2.59 bits per heavy atom. The number of rotatable bonds is 6. The predicted octanol–water partition coefficient (Wildman–Crippen LogP) is 1.65. The highest BCUT2D eigenvalue weighted by molar-refractivity contribution is 5.89. The van der Waals surface area contributed by atoms with Crippen LogP contribution in [0, 0.1) is 0 Å². The summed E-state index contributed by atoms with van der Waals surface area (Å²) in [6.07, 6.45) is -2.19. The molecule has 3 aromatic rings. The monoisotopic (exact) mass is 519 g/mol. The van der Waals surface area contributed by atoms with E-state index in [-0.39, 0.29) is 17.8 Å². The van der Waals surface area contributed by atoms with Crippen molar-refractivity contribution >= 4 is 22.8 Å². The number of benzene rings is 1. The zero-order valence-corrected chi connectivity index (χ0v) is 20.0. The normalized spacial score (nSPS) is 24.1. The molecule has 10 nitrogen and oxygen atoms in total. The lowest BCUT2D eigenvalue weighted by molar-refractivity contribution is -0.137. The molecule has 3 fully saturated rings. The molecule has 37 heavy (non-hydrogen) atoms.